The monoisotopic (exact) mass is 331 g/mol. The average Bonchev–Trinajstić information content (AvgIpc) is 2.95. The largest absolute Gasteiger partial charge is 0.494 e. The van der Waals surface area contributed by atoms with E-state index in [4.69, 9.17) is 9.26 Å². The van der Waals surface area contributed by atoms with Gasteiger partial charge < -0.3 is 9.26 Å². The molecule has 1 aromatic heterocycles. The van der Waals surface area contributed by atoms with Crippen LogP contribution in [0.5, 0.6) is 5.75 Å². The third-order valence-corrected chi connectivity index (χ3v) is 3.36. The maximum Gasteiger partial charge on any atom is 0.275 e. The molecule has 0 radical (unpaired) electrons. The summed E-state index contributed by atoms with van der Waals surface area (Å²) in [4.78, 5) is 24.4. The topological polar surface area (TPSA) is 93.5 Å². The highest BCUT2D eigenvalue weighted by Gasteiger charge is 2.22. The van der Waals surface area contributed by atoms with Crippen molar-refractivity contribution in [2.24, 2.45) is 0 Å². The van der Waals surface area contributed by atoms with Gasteiger partial charge >= 0.3 is 0 Å². The van der Waals surface area contributed by atoms with Crippen LogP contribution in [0.15, 0.2) is 28.8 Å². The molecule has 0 spiro atoms. The van der Waals surface area contributed by atoms with Crippen LogP contribution in [0, 0.1) is 6.92 Å². The molecule has 0 aliphatic carbocycles. The van der Waals surface area contributed by atoms with E-state index in [0.29, 0.717) is 34.9 Å². The minimum Gasteiger partial charge on any atom is -0.494 e. The van der Waals surface area contributed by atoms with E-state index in [1.165, 1.54) is 0 Å². The number of benzene rings is 1. The summed E-state index contributed by atoms with van der Waals surface area (Å²) < 4.78 is 10.5. The van der Waals surface area contributed by atoms with Gasteiger partial charge in [-0.05, 0) is 38.1 Å². The summed E-state index contributed by atoms with van der Waals surface area (Å²) in [5.41, 5.74) is 6.00. The molecular weight excluding hydrogens is 310 g/mol. The summed E-state index contributed by atoms with van der Waals surface area (Å²) in [6.45, 7) is 7.91. The van der Waals surface area contributed by atoms with E-state index in [1.807, 2.05) is 20.8 Å². The van der Waals surface area contributed by atoms with Crippen molar-refractivity contribution in [1.82, 2.24) is 16.0 Å². The summed E-state index contributed by atoms with van der Waals surface area (Å²) in [6.07, 6.45) is 0. The van der Waals surface area contributed by atoms with Gasteiger partial charge in [0.1, 0.15) is 11.3 Å². The van der Waals surface area contributed by atoms with Crippen molar-refractivity contribution >= 4 is 11.8 Å². The lowest BCUT2D eigenvalue weighted by Gasteiger charge is -2.09. The molecule has 24 heavy (non-hydrogen) atoms. The van der Waals surface area contributed by atoms with Gasteiger partial charge in [-0.1, -0.05) is 19.0 Å². The van der Waals surface area contributed by atoms with Gasteiger partial charge in [0.05, 0.1) is 12.3 Å². The van der Waals surface area contributed by atoms with Crippen molar-refractivity contribution in [2.45, 2.75) is 33.6 Å². The van der Waals surface area contributed by atoms with Gasteiger partial charge in [-0.3, -0.25) is 20.4 Å². The first-order valence-corrected chi connectivity index (χ1v) is 7.73. The van der Waals surface area contributed by atoms with Crippen LogP contribution in [0.3, 0.4) is 0 Å². The predicted octanol–water partition coefficient (Wildman–Crippen LogP) is 2.58. The Hall–Kier alpha value is -2.83. The average molecular weight is 331 g/mol. The fraction of sp³-hybridized carbons (Fsp3) is 0.353. The van der Waals surface area contributed by atoms with Gasteiger partial charge in [0.2, 0.25) is 0 Å². The van der Waals surface area contributed by atoms with Gasteiger partial charge in [0, 0.05) is 11.5 Å². The zero-order valence-electron chi connectivity index (χ0n) is 14.2. The Morgan fingerprint density at radius 2 is 1.79 bits per heavy atom. The molecule has 7 nitrogen and oxygen atoms in total. The van der Waals surface area contributed by atoms with Gasteiger partial charge in [-0.2, -0.15) is 0 Å². The number of carbonyl (C=O) groups excluding carboxylic acids is 2. The zero-order valence-corrected chi connectivity index (χ0v) is 14.2. The highest BCUT2D eigenvalue weighted by Crippen LogP contribution is 2.21. The smallest absolute Gasteiger partial charge is 0.275 e. The second-order valence-corrected chi connectivity index (χ2v) is 5.53. The Labute approximate surface area is 140 Å². The molecule has 2 rings (SSSR count). The highest BCUT2D eigenvalue weighted by atomic mass is 16.5. The molecule has 2 N–H and O–H groups in total. The molecule has 1 aromatic carbocycles. The van der Waals surface area contributed by atoms with E-state index >= 15 is 0 Å². The van der Waals surface area contributed by atoms with Gasteiger partial charge in [-0.25, -0.2) is 0 Å². The first-order valence-electron chi connectivity index (χ1n) is 7.73. The maximum atomic E-state index is 12.3. The predicted molar refractivity (Wildman–Crippen MR) is 87.9 cm³/mol. The molecule has 7 heteroatoms. The van der Waals surface area contributed by atoms with E-state index in [-0.39, 0.29) is 5.92 Å². The SMILES string of the molecule is CCOc1ccc(C(=O)NNC(=O)c2c(C)noc2C(C)C)cc1. The summed E-state index contributed by atoms with van der Waals surface area (Å²) in [6, 6.07) is 6.63. The molecule has 0 aliphatic heterocycles. The van der Waals surface area contributed by atoms with Gasteiger partial charge in [0.25, 0.3) is 11.8 Å². The summed E-state index contributed by atoms with van der Waals surface area (Å²) in [7, 11) is 0. The van der Waals surface area contributed by atoms with Crippen LogP contribution in [-0.4, -0.2) is 23.6 Å². The standard InChI is InChI=1S/C17H21N3O4/c1-5-23-13-8-6-12(7-9-13)16(21)18-19-17(22)14-11(4)20-24-15(14)10(2)3/h6-10H,5H2,1-4H3,(H,18,21)(H,19,22). The highest BCUT2D eigenvalue weighted by molar-refractivity contribution is 6.00. The first kappa shape index (κ1) is 17.5. The van der Waals surface area contributed by atoms with E-state index < -0.39 is 11.8 Å². The molecule has 0 unspecified atom stereocenters. The summed E-state index contributed by atoms with van der Waals surface area (Å²) in [5, 5.41) is 3.81. The Kier molecular flexibility index (Phi) is 5.57. The van der Waals surface area contributed by atoms with E-state index in [9.17, 15) is 9.59 Å². The van der Waals surface area contributed by atoms with Crippen LogP contribution in [-0.2, 0) is 0 Å². The van der Waals surface area contributed by atoms with Crippen molar-refractivity contribution in [3.05, 3.63) is 46.8 Å². The summed E-state index contributed by atoms with van der Waals surface area (Å²) >= 11 is 0. The van der Waals surface area contributed by atoms with Gasteiger partial charge in [-0.15, -0.1) is 0 Å². The van der Waals surface area contributed by atoms with Crippen molar-refractivity contribution in [1.29, 1.82) is 0 Å². The molecule has 0 bridgehead atoms. The number of rotatable bonds is 5. The molecule has 2 amide bonds. The maximum absolute atomic E-state index is 12.3. The number of aromatic nitrogens is 1. The molecular formula is C17H21N3O4. The number of ether oxygens (including phenoxy) is 1. The molecule has 128 valence electrons. The number of nitrogens with one attached hydrogen (secondary N) is 2. The van der Waals surface area contributed by atoms with Crippen molar-refractivity contribution in [3.8, 4) is 5.75 Å². The normalized spacial score (nSPS) is 10.5. The van der Waals surface area contributed by atoms with Crippen LogP contribution < -0.4 is 15.6 Å². The van der Waals surface area contributed by atoms with Crippen molar-refractivity contribution in [2.75, 3.05) is 6.61 Å². The third kappa shape index (κ3) is 3.92. The number of nitrogens with zero attached hydrogens (tertiary/aromatic N) is 1. The molecule has 0 saturated heterocycles. The van der Waals surface area contributed by atoms with E-state index in [0.717, 1.165) is 0 Å². The fourth-order valence-corrected chi connectivity index (χ4v) is 2.17. The Morgan fingerprint density at radius 1 is 1.17 bits per heavy atom. The Bertz CT molecular complexity index is 720. The third-order valence-electron chi connectivity index (χ3n) is 3.36. The number of amides is 2. The molecule has 0 saturated carbocycles. The first-order chi connectivity index (χ1) is 11.4. The Balaban J connectivity index is 2.01. The van der Waals surface area contributed by atoms with Crippen LogP contribution >= 0.6 is 0 Å². The van der Waals surface area contributed by atoms with Gasteiger partial charge in [0.15, 0.2) is 5.76 Å². The molecule has 0 aliphatic rings. The van der Waals surface area contributed by atoms with Crippen LogP contribution in [0.4, 0.5) is 0 Å². The second-order valence-electron chi connectivity index (χ2n) is 5.53. The van der Waals surface area contributed by atoms with Crippen LogP contribution in [0.2, 0.25) is 0 Å². The zero-order chi connectivity index (χ0) is 17.7. The van der Waals surface area contributed by atoms with Crippen LogP contribution in [0.25, 0.3) is 0 Å². The summed E-state index contributed by atoms with van der Waals surface area (Å²) in [5.74, 6) is 0.289. The molecule has 0 fully saturated rings. The minimum absolute atomic E-state index is 0.00811. The van der Waals surface area contributed by atoms with Crippen molar-refractivity contribution in [3.63, 3.8) is 0 Å². The lowest BCUT2D eigenvalue weighted by atomic mass is 10.0. The molecule has 1 heterocycles. The quantitative estimate of drug-likeness (QED) is 0.821. The van der Waals surface area contributed by atoms with E-state index in [1.54, 1.807) is 31.2 Å². The number of hydrogen-bond donors (Lipinski definition) is 2. The number of hydrogen-bond acceptors (Lipinski definition) is 5. The van der Waals surface area contributed by atoms with Crippen molar-refractivity contribution < 1.29 is 18.8 Å². The number of carbonyl (C=O) groups is 2. The Morgan fingerprint density at radius 3 is 2.38 bits per heavy atom. The minimum atomic E-state index is -0.461. The molecule has 0 atom stereocenters. The van der Waals surface area contributed by atoms with Crippen LogP contribution in [0.1, 0.15) is 58.9 Å². The lowest BCUT2D eigenvalue weighted by molar-refractivity contribution is 0.0845. The lowest BCUT2D eigenvalue weighted by Crippen LogP contribution is -2.42. The molecule has 2 aromatic rings. The van der Waals surface area contributed by atoms with E-state index in [2.05, 4.69) is 16.0 Å². The number of aryl methyl sites for hydroxylation is 1. The number of hydrazine groups is 1. The second kappa shape index (κ2) is 7.63. The fourth-order valence-electron chi connectivity index (χ4n) is 2.17.